The van der Waals surface area contributed by atoms with E-state index in [-0.39, 0.29) is 42.0 Å². The number of carbonyl (C=O) groups excluding carboxylic acids is 2. The van der Waals surface area contributed by atoms with Gasteiger partial charge >= 0.3 is 0 Å². The summed E-state index contributed by atoms with van der Waals surface area (Å²) in [6.45, 7) is 1.58. The van der Waals surface area contributed by atoms with Crippen molar-refractivity contribution >= 4 is 23.4 Å². The number of hydrogen-bond acceptors (Lipinski definition) is 4. The molecule has 6 nitrogen and oxygen atoms in total. The Morgan fingerprint density at radius 3 is 2.46 bits per heavy atom. The zero-order valence-electron chi connectivity index (χ0n) is 15.9. The van der Waals surface area contributed by atoms with Crippen molar-refractivity contribution < 1.29 is 23.1 Å². The van der Waals surface area contributed by atoms with E-state index in [9.17, 15) is 18.4 Å². The Hall–Kier alpha value is -0.990. The van der Waals surface area contributed by atoms with Crippen LogP contribution in [0.4, 0.5) is 8.78 Å². The van der Waals surface area contributed by atoms with Gasteiger partial charge in [-0.2, -0.15) is 0 Å². The van der Waals surface area contributed by atoms with E-state index in [1.165, 1.54) is 4.90 Å². The van der Waals surface area contributed by atoms with Gasteiger partial charge in [-0.3, -0.25) is 14.9 Å². The first-order chi connectivity index (χ1) is 13.4. The molecule has 4 unspecified atom stereocenters. The zero-order chi connectivity index (χ0) is 19.8. The minimum absolute atomic E-state index is 0.0702. The molecule has 3 heterocycles. The monoisotopic (exact) mass is 419 g/mol. The molecule has 4 aliphatic rings. The van der Waals surface area contributed by atoms with E-state index in [0.29, 0.717) is 39.1 Å². The largest absolute Gasteiger partial charge is 0.380 e. The highest BCUT2D eigenvalue weighted by atomic mass is 35.5. The van der Waals surface area contributed by atoms with Gasteiger partial charge in [0, 0.05) is 24.4 Å². The van der Waals surface area contributed by atoms with E-state index < -0.39 is 24.6 Å². The molecule has 0 spiro atoms. The number of nitrogens with zero attached hydrogens (tertiary/aromatic N) is 2. The normalized spacial score (nSPS) is 40.5. The first-order valence-corrected chi connectivity index (χ1v) is 10.7. The molecule has 3 aliphatic heterocycles. The van der Waals surface area contributed by atoms with Crippen molar-refractivity contribution in [2.24, 2.45) is 11.8 Å². The molecular weight excluding hydrogens is 392 g/mol. The van der Waals surface area contributed by atoms with Crippen molar-refractivity contribution in [1.82, 2.24) is 15.1 Å². The van der Waals surface area contributed by atoms with Crippen molar-refractivity contribution in [2.75, 3.05) is 32.8 Å². The highest BCUT2D eigenvalue weighted by molar-refractivity contribution is 6.20. The maximum absolute atomic E-state index is 14.6. The van der Waals surface area contributed by atoms with Gasteiger partial charge in [-0.05, 0) is 38.0 Å². The lowest BCUT2D eigenvalue weighted by Crippen LogP contribution is -2.70. The Bertz CT molecular complexity index is 601. The summed E-state index contributed by atoms with van der Waals surface area (Å²) in [5, 5.41) is 2.67. The van der Waals surface area contributed by atoms with Crippen molar-refractivity contribution in [3.05, 3.63) is 0 Å². The zero-order valence-corrected chi connectivity index (χ0v) is 16.6. The molecule has 4 atom stereocenters. The molecule has 1 N–H and O–H groups in total. The van der Waals surface area contributed by atoms with Gasteiger partial charge in [-0.15, -0.1) is 11.6 Å². The highest BCUT2D eigenvalue weighted by Crippen LogP contribution is 2.32. The summed E-state index contributed by atoms with van der Waals surface area (Å²) < 4.78 is 33.3. The lowest BCUT2D eigenvalue weighted by atomic mass is 9.85. The number of alkyl halides is 3. The number of nitrogens with one attached hydrogen (secondary N) is 1. The average Bonchev–Trinajstić information content (AvgIpc) is 2.61. The summed E-state index contributed by atoms with van der Waals surface area (Å²) in [4.78, 5) is 29.3. The molecule has 4 fully saturated rings. The van der Waals surface area contributed by atoms with Gasteiger partial charge in [0.05, 0.1) is 13.2 Å². The molecular formula is C19H28ClF2N3O3. The number of rotatable bonds is 4. The average molecular weight is 420 g/mol. The molecule has 3 saturated heterocycles. The lowest BCUT2D eigenvalue weighted by molar-refractivity contribution is -0.173. The molecule has 2 amide bonds. The van der Waals surface area contributed by atoms with E-state index >= 15 is 0 Å². The Labute approximate surface area is 168 Å². The molecule has 1 aliphatic carbocycles. The quantitative estimate of drug-likeness (QED) is 0.701. The van der Waals surface area contributed by atoms with Crippen LogP contribution in [-0.4, -0.2) is 84.4 Å². The lowest BCUT2D eigenvalue weighted by Gasteiger charge is -2.50. The van der Waals surface area contributed by atoms with Gasteiger partial charge in [0.15, 0.2) is 0 Å². The maximum atomic E-state index is 14.6. The van der Waals surface area contributed by atoms with Crippen LogP contribution in [0.1, 0.15) is 32.1 Å². The van der Waals surface area contributed by atoms with Gasteiger partial charge in [0.2, 0.25) is 11.8 Å². The van der Waals surface area contributed by atoms with Crippen LogP contribution >= 0.6 is 11.6 Å². The second-order valence-corrected chi connectivity index (χ2v) is 9.19. The summed E-state index contributed by atoms with van der Waals surface area (Å²) in [5.41, 5.74) is 0. The summed E-state index contributed by atoms with van der Waals surface area (Å²) in [6.07, 6.45) is -0.250. The molecule has 0 radical (unpaired) electrons. The number of piperidine rings is 1. The standard InChI is InChI=1S/C19H28ClF2N3O3/c20-13-5-15(22)18(23-6-13)25-8-16(26)24(7-11-1-3-14(21)4-2-11)17(19(25)27)12-9-28-10-12/h11-15,17-18,23H,1-10H2. The fourth-order valence-electron chi connectivity index (χ4n) is 4.84. The predicted octanol–water partition coefficient (Wildman–Crippen LogP) is 1.47. The minimum Gasteiger partial charge on any atom is -0.380 e. The van der Waals surface area contributed by atoms with Gasteiger partial charge < -0.3 is 14.5 Å². The molecule has 28 heavy (non-hydrogen) atoms. The number of hydrogen-bond donors (Lipinski definition) is 1. The maximum Gasteiger partial charge on any atom is 0.247 e. The molecule has 4 rings (SSSR count). The van der Waals surface area contributed by atoms with Crippen LogP contribution in [0.25, 0.3) is 0 Å². The number of ether oxygens (including phenoxy) is 1. The summed E-state index contributed by atoms with van der Waals surface area (Å²) in [6, 6.07) is -0.624. The van der Waals surface area contributed by atoms with E-state index in [0.717, 1.165) is 12.8 Å². The third-order valence-corrected chi connectivity index (χ3v) is 6.88. The smallest absolute Gasteiger partial charge is 0.247 e. The van der Waals surface area contributed by atoms with Crippen LogP contribution in [0, 0.1) is 11.8 Å². The van der Waals surface area contributed by atoms with E-state index in [4.69, 9.17) is 16.3 Å². The SMILES string of the molecule is O=C1C(C2COC2)N(CC2CCC(F)CC2)C(=O)CN1C1NCC(Cl)CC1F. The first kappa shape index (κ1) is 20.3. The molecule has 158 valence electrons. The van der Waals surface area contributed by atoms with Crippen molar-refractivity contribution in [3.8, 4) is 0 Å². The summed E-state index contributed by atoms with van der Waals surface area (Å²) >= 11 is 6.01. The molecule has 0 aromatic carbocycles. The van der Waals surface area contributed by atoms with Crippen LogP contribution < -0.4 is 5.32 Å². The van der Waals surface area contributed by atoms with Crippen molar-refractivity contribution in [2.45, 2.75) is 62.0 Å². The minimum atomic E-state index is -1.31. The topological polar surface area (TPSA) is 61.9 Å². The molecule has 0 aromatic heterocycles. The van der Waals surface area contributed by atoms with Crippen LogP contribution in [-0.2, 0) is 14.3 Å². The van der Waals surface area contributed by atoms with Crippen molar-refractivity contribution in [1.29, 1.82) is 0 Å². The second kappa shape index (κ2) is 8.40. The Kier molecular flexibility index (Phi) is 6.09. The van der Waals surface area contributed by atoms with Crippen LogP contribution in [0.15, 0.2) is 0 Å². The Morgan fingerprint density at radius 2 is 1.86 bits per heavy atom. The Morgan fingerprint density at radius 1 is 1.14 bits per heavy atom. The highest BCUT2D eigenvalue weighted by Gasteiger charge is 2.50. The predicted molar refractivity (Wildman–Crippen MR) is 99.3 cm³/mol. The molecule has 0 bridgehead atoms. The first-order valence-electron chi connectivity index (χ1n) is 10.3. The van der Waals surface area contributed by atoms with E-state index in [1.807, 2.05) is 0 Å². The third-order valence-electron chi connectivity index (χ3n) is 6.55. The van der Waals surface area contributed by atoms with Crippen LogP contribution in [0.3, 0.4) is 0 Å². The van der Waals surface area contributed by atoms with E-state index in [2.05, 4.69) is 5.32 Å². The Balaban J connectivity index is 1.49. The van der Waals surface area contributed by atoms with Gasteiger partial charge in [0.25, 0.3) is 0 Å². The molecule has 0 aromatic rings. The van der Waals surface area contributed by atoms with Gasteiger partial charge in [0.1, 0.15) is 31.1 Å². The van der Waals surface area contributed by atoms with Crippen LogP contribution in [0.2, 0.25) is 0 Å². The fourth-order valence-corrected chi connectivity index (χ4v) is 5.10. The summed E-state index contributed by atoms with van der Waals surface area (Å²) in [7, 11) is 0. The second-order valence-electron chi connectivity index (χ2n) is 8.57. The summed E-state index contributed by atoms with van der Waals surface area (Å²) in [5.74, 6) is -0.252. The van der Waals surface area contributed by atoms with Gasteiger partial charge in [-0.1, -0.05) is 0 Å². The van der Waals surface area contributed by atoms with Crippen molar-refractivity contribution in [3.63, 3.8) is 0 Å². The third kappa shape index (κ3) is 4.00. The number of piperazine rings is 1. The number of carbonyl (C=O) groups is 2. The number of halogens is 3. The molecule has 1 saturated carbocycles. The number of amides is 2. The fraction of sp³-hybridized carbons (Fsp3) is 0.895. The van der Waals surface area contributed by atoms with Crippen LogP contribution in [0.5, 0.6) is 0 Å². The van der Waals surface area contributed by atoms with Gasteiger partial charge in [-0.25, -0.2) is 8.78 Å². The molecule has 9 heteroatoms. The van der Waals surface area contributed by atoms with E-state index in [1.54, 1.807) is 4.90 Å².